The van der Waals surface area contributed by atoms with Crippen molar-refractivity contribution in [1.29, 1.82) is 0 Å². The number of nitrogens with one attached hydrogen (secondary N) is 1. The molecule has 0 amide bonds. The first-order valence-corrected chi connectivity index (χ1v) is 5.74. The summed E-state index contributed by atoms with van der Waals surface area (Å²) in [5.74, 6) is 1.26. The largest absolute Gasteiger partial charge is 0.495 e. The van der Waals surface area contributed by atoms with Crippen LogP contribution in [0.4, 0.5) is 5.69 Å². The zero-order valence-electron chi connectivity index (χ0n) is 9.14. The maximum atomic E-state index is 6.02. The fourth-order valence-corrected chi connectivity index (χ4v) is 1.57. The Kier molecular flexibility index (Phi) is 4.96. The molecule has 0 heterocycles. The quantitative estimate of drug-likeness (QED) is 0.900. The lowest BCUT2D eigenvalue weighted by Gasteiger charge is -2.13. The van der Waals surface area contributed by atoms with E-state index in [2.05, 4.69) is 27.8 Å². The SMILES string of the molecule is C=C(Br)CNc1cc(Cl)c(OC)cc1OC. The van der Waals surface area contributed by atoms with E-state index in [1.54, 1.807) is 26.4 Å². The summed E-state index contributed by atoms with van der Waals surface area (Å²) in [5.41, 5.74) is 0.800. The van der Waals surface area contributed by atoms with Gasteiger partial charge in [-0.3, -0.25) is 0 Å². The topological polar surface area (TPSA) is 30.5 Å². The second-order valence-corrected chi connectivity index (χ2v) is 4.59. The highest BCUT2D eigenvalue weighted by atomic mass is 79.9. The van der Waals surface area contributed by atoms with Gasteiger partial charge in [0, 0.05) is 17.1 Å². The Bertz CT molecular complexity index is 396. The molecule has 0 saturated heterocycles. The Morgan fingerprint density at radius 2 is 2.00 bits per heavy atom. The van der Waals surface area contributed by atoms with E-state index in [-0.39, 0.29) is 0 Å². The molecule has 1 aromatic rings. The Balaban J connectivity index is 2.98. The molecule has 0 atom stereocenters. The van der Waals surface area contributed by atoms with Crippen molar-refractivity contribution in [3.8, 4) is 11.5 Å². The van der Waals surface area contributed by atoms with Crippen molar-refractivity contribution in [1.82, 2.24) is 0 Å². The van der Waals surface area contributed by atoms with Crippen LogP contribution in [0, 0.1) is 0 Å². The third kappa shape index (κ3) is 3.32. The van der Waals surface area contributed by atoms with Gasteiger partial charge in [-0.2, -0.15) is 0 Å². The minimum Gasteiger partial charge on any atom is -0.495 e. The van der Waals surface area contributed by atoms with E-state index in [0.717, 1.165) is 10.2 Å². The van der Waals surface area contributed by atoms with E-state index in [4.69, 9.17) is 21.1 Å². The summed E-state index contributed by atoms with van der Waals surface area (Å²) >= 11 is 9.29. The van der Waals surface area contributed by atoms with Gasteiger partial charge < -0.3 is 14.8 Å². The molecule has 0 aliphatic heterocycles. The second-order valence-electron chi connectivity index (χ2n) is 3.06. The fourth-order valence-electron chi connectivity index (χ4n) is 1.19. The van der Waals surface area contributed by atoms with Gasteiger partial charge in [-0.25, -0.2) is 0 Å². The molecule has 1 aromatic carbocycles. The zero-order chi connectivity index (χ0) is 12.1. The number of methoxy groups -OCH3 is 2. The Hall–Kier alpha value is -0.870. The van der Waals surface area contributed by atoms with Crippen LogP contribution in [0.1, 0.15) is 0 Å². The molecule has 0 saturated carbocycles. The number of benzene rings is 1. The first kappa shape index (κ1) is 13.2. The Labute approximate surface area is 109 Å². The molecular weight excluding hydrogens is 293 g/mol. The number of hydrogen-bond donors (Lipinski definition) is 1. The predicted molar refractivity (Wildman–Crippen MR) is 71.1 cm³/mol. The van der Waals surface area contributed by atoms with Crippen LogP contribution < -0.4 is 14.8 Å². The summed E-state index contributed by atoms with van der Waals surface area (Å²) in [4.78, 5) is 0. The van der Waals surface area contributed by atoms with Crippen LogP contribution in [-0.4, -0.2) is 20.8 Å². The molecule has 88 valence electrons. The standard InChI is InChI=1S/C11H13BrClNO2/c1-7(12)6-14-9-4-8(13)10(15-2)5-11(9)16-3/h4-5,14H,1,6H2,2-3H3. The highest BCUT2D eigenvalue weighted by molar-refractivity contribution is 9.11. The summed E-state index contributed by atoms with van der Waals surface area (Å²) in [7, 11) is 3.16. The molecule has 0 aliphatic rings. The molecule has 16 heavy (non-hydrogen) atoms. The average molecular weight is 307 g/mol. The van der Waals surface area contributed by atoms with Crippen LogP contribution in [-0.2, 0) is 0 Å². The van der Waals surface area contributed by atoms with Crippen molar-refractivity contribution in [2.24, 2.45) is 0 Å². The Morgan fingerprint density at radius 1 is 1.38 bits per heavy atom. The third-order valence-electron chi connectivity index (χ3n) is 1.94. The molecule has 0 aliphatic carbocycles. The van der Waals surface area contributed by atoms with Gasteiger partial charge in [0.15, 0.2) is 0 Å². The van der Waals surface area contributed by atoms with Crippen LogP contribution in [0.5, 0.6) is 11.5 Å². The van der Waals surface area contributed by atoms with Gasteiger partial charge in [-0.05, 0) is 6.07 Å². The molecule has 0 spiro atoms. The van der Waals surface area contributed by atoms with Crippen LogP contribution in [0.2, 0.25) is 5.02 Å². The van der Waals surface area contributed by atoms with E-state index in [9.17, 15) is 0 Å². The summed E-state index contributed by atoms with van der Waals surface area (Å²) in [6.45, 7) is 4.33. The van der Waals surface area contributed by atoms with E-state index < -0.39 is 0 Å². The normalized spacial score (nSPS) is 9.75. The van der Waals surface area contributed by atoms with Gasteiger partial charge in [-0.15, -0.1) is 0 Å². The number of hydrogen-bond acceptors (Lipinski definition) is 3. The maximum Gasteiger partial charge on any atom is 0.145 e. The molecular formula is C11H13BrClNO2. The van der Waals surface area contributed by atoms with E-state index in [0.29, 0.717) is 23.1 Å². The minimum atomic E-state index is 0.533. The molecule has 5 heteroatoms. The minimum absolute atomic E-state index is 0.533. The summed E-state index contributed by atoms with van der Waals surface area (Å²) in [6, 6.07) is 3.50. The van der Waals surface area contributed by atoms with Crippen LogP contribution in [0.15, 0.2) is 23.2 Å². The van der Waals surface area contributed by atoms with Crippen molar-refractivity contribution >= 4 is 33.2 Å². The lowest BCUT2D eigenvalue weighted by molar-refractivity contribution is 0.395. The van der Waals surface area contributed by atoms with Crippen molar-refractivity contribution < 1.29 is 9.47 Å². The first-order valence-electron chi connectivity index (χ1n) is 4.57. The Morgan fingerprint density at radius 3 is 2.50 bits per heavy atom. The van der Waals surface area contributed by atoms with Crippen LogP contribution in [0.25, 0.3) is 0 Å². The van der Waals surface area contributed by atoms with E-state index in [1.807, 2.05) is 0 Å². The van der Waals surface area contributed by atoms with Gasteiger partial charge in [0.1, 0.15) is 11.5 Å². The van der Waals surface area contributed by atoms with Gasteiger partial charge in [0.05, 0.1) is 24.9 Å². The smallest absolute Gasteiger partial charge is 0.145 e. The van der Waals surface area contributed by atoms with Crippen molar-refractivity contribution in [3.63, 3.8) is 0 Å². The van der Waals surface area contributed by atoms with Crippen molar-refractivity contribution in [2.45, 2.75) is 0 Å². The summed E-state index contributed by atoms with van der Waals surface area (Å²) in [6.07, 6.45) is 0. The third-order valence-corrected chi connectivity index (χ3v) is 2.52. The fraction of sp³-hybridized carbons (Fsp3) is 0.273. The highest BCUT2D eigenvalue weighted by Crippen LogP contribution is 2.35. The zero-order valence-corrected chi connectivity index (χ0v) is 11.5. The summed E-state index contributed by atoms with van der Waals surface area (Å²) in [5, 5.41) is 3.68. The molecule has 3 nitrogen and oxygen atoms in total. The number of halogens is 2. The van der Waals surface area contributed by atoms with E-state index in [1.165, 1.54) is 0 Å². The van der Waals surface area contributed by atoms with Gasteiger partial charge >= 0.3 is 0 Å². The average Bonchev–Trinajstić information content (AvgIpc) is 2.26. The molecule has 1 rings (SSSR count). The monoisotopic (exact) mass is 305 g/mol. The molecule has 0 unspecified atom stereocenters. The summed E-state index contributed by atoms with van der Waals surface area (Å²) < 4.78 is 11.2. The first-order chi connectivity index (χ1) is 7.58. The van der Waals surface area contributed by atoms with Crippen molar-refractivity contribution in [2.75, 3.05) is 26.1 Å². The van der Waals surface area contributed by atoms with E-state index >= 15 is 0 Å². The highest BCUT2D eigenvalue weighted by Gasteiger charge is 2.09. The lowest BCUT2D eigenvalue weighted by Crippen LogP contribution is -2.03. The van der Waals surface area contributed by atoms with Gasteiger partial charge in [0.2, 0.25) is 0 Å². The number of rotatable bonds is 5. The molecule has 0 bridgehead atoms. The van der Waals surface area contributed by atoms with Crippen LogP contribution in [0.3, 0.4) is 0 Å². The number of anilines is 1. The molecule has 0 aromatic heterocycles. The predicted octanol–water partition coefficient (Wildman–Crippen LogP) is 3.68. The maximum absolute atomic E-state index is 6.02. The van der Waals surface area contributed by atoms with Crippen molar-refractivity contribution in [3.05, 3.63) is 28.2 Å². The van der Waals surface area contributed by atoms with Crippen LogP contribution >= 0.6 is 27.5 Å². The molecule has 0 fully saturated rings. The molecule has 0 radical (unpaired) electrons. The second kappa shape index (κ2) is 6.01. The number of ether oxygens (including phenoxy) is 2. The van der Waals surface area contributed by atoms with Gasteiger partial charge in [-0.1, -0.05) is 34.1 Å². The molecule has 1 N–H and O–H groups in total. The lowest BCUT2D eigenvalue weighted by atomic mass is 10.2. The van der Waals surface area contributed by atoms with Gasteiger partial charge in [0.25, 0.3) is 0 Å².